The zero-order chi connectivity index (χ0) is 15.4. The Labute approximate surface area is 125 Å². The minimum Gasteiger partial charge on any atom is -0.343 e. The molecule has 2 heterocycles. The van der Waals surface area contributed by atoms with Gasteiger partial charge >= 0.3 is 0 Å². The molecule has 2 aromatic rings. The van der Waals surface area contributed by atoms with E-state index in [1.54, 1.807) is 18.5 Å². The molecule has 0 aliphatic heterocycles. The molecule has 1 amide bonds. The van der Waals surface area contributed by atoms with Gasteiger partial charge < -0.3 is 5.32 Å². The molecule has 0 aliphatic carbocycles. The zero-order valence-corrected chi connectivity index (χ0v) is 12.9. The lowest BCUT2D eigenvalue weighted by molar-refractivity contribution is 0.0924. The summed E-state index contributed by atoms with van der Waals surface area (Å²) in [7, 11) is 0. The van der Waals surface area contributed by atoms with E-state index in [1.807, 2.05) is 32.0 Å². The predicted molar refractivity (Wildman–Crippen MR) is 83.0 cm³/mol. The maximum absolute atomic E-state index is 12.4. The first-order valence-electron chi connectivity index (χ1n) is 7.14. The highest BCUT2D eigenvalue weighted by molar-refractivity contribution is 5.94. The van der Waals surface area contributed by atoms with Crippen molar-refractivity contribution in [2.24, 2.45) is 5.92 Å². The molecule has 0 aromatic carbocycles. The van der Waals surface area contributed by atoms with Crippen molar-refractivity contribution in [3.8, 4) is 0 Å². The Kier molecular flexibility index (Phi) is 4.68. The van der Waals surface area contributed by atoms with Gasteiger partial charge in [0.15, 0.2) is 0 Å². The highest BCUT2D eigenvalue weighted by Crippen LogP contribution is 2.23. The topological polar surface area (TPSA) is 54.9 Å². The Morgan fingerprint density at radius 3 is 2.48 bits per heavy atom. The molecule has 0 spiro atoms. The van der Waals surface area contributed by atoms with Crippen molar-refractivity contribution < 1.29 is 4.79 Å². The maximum atomic E-state index is 12.4. The third kappa shape index (κ3) is 3.66. The monoisotopic (exact) mass is 283 g/mol. The van der Waals surface area contributed by atoms with E-state index in [9.17, 15) is 4.79 Å². The molecule has 0 saturated carbocycles. The number of hydrogen-bond donors (Lipinski definition) is 1. The van der Waals surface area contributed by atoms with Crippen molar-refractivity contribution in [3.05, 3.63) is 59.2 Å². The van der Waals surface area contributed by atoms with E-state index in [0.717, 1.165) is 17.0 Å². The van der Waals surface area contributed by atoms with Crippen LogP contribution in [0.5, 0.6) is 0 Å². The van der Waals surface area contributed by atoms with E-state index in [4.69, 9.17) is 0 Å². The number of amides is 1. The average Bonchev–Trinajstić information content (AvgIpc) is 2.46. The van der Waals surface area contributed by atoms with Gasteiger partial charge in [0, 0.05) is 18.1 Å². The SMILES string of the molecule is Cc1ccc(C(=O)NC(c2ncccc2C)C(C)C)cn1. The summed E-state index contributed by atoms with van der Waals surface area (Å²) in [4.78, 5) is 21.0. The molecule has 110 valence electrons. The van der Waals surface area contributed by atoms with Crippen LogP contribution in [-0.4, -0.2) is 15.9 Å². The van der Waals surface area contributed by atoms with Crippen molar-refractivity contribution in [3.63, 3.8) is 0 Å². The number of aryl methyl sites for hydroxylation is 2. The van der Waals surface area contributed by atoms with Crippen LogP contribution in [0.2, 0.25) is 0 Å². The number of carbonyl (C=O) groups excluding carboxylic acids is 1. The Morgan fingerprint density at radius 2 is 1.90 bits per heavy atom. The first-order valence-corrected chi connectivity index (χ1v) is 7.14. The lowest BCUT2D eigenvalue weighted by Crippen LogP contribution is -2.32. The summed E-state index contributed by atoms with van der Waals surface area (Å²) >= 11 is 0. The summed E-state index contributed by atoms with van der Waals surface area (Å²) in [5, 5.41) is 3.07. The molecule has 0 saturated heterocycles. The molecule has 0 aliphatic rings. The fourth-order valence-electron chi connectivity index (χ4n) is 2.20. The summed E-state index contributed by atoms with van der Waals surface area (Å²) in [6, 6.07) is 7.44. The van der Waals surface area contributed by atoms with E-state index in [1.165, 1.54) is 0 Å². The molecule has 0 fully saturated rings. The highest BCUT2D eigenvalue weighted by atomic mass is 16.1. The van der Waals surface area contributed by atoms with Gasteiger partial charge in [-0.3, -0.25) is 14.8 Å². The fraction of sp³-hybridized carbons (Fsp3) is 0.353. The van der Waals surface area contributed by atoms with E-state index in [-0.39, 0.29) is 17.9 Å². The molecule has 4 nitrogen and oxygen atoms in total. The third-order valence-electron chi connectivity index (χ3n) is 3.47. The molecule has 4 heteroatoms. The van der Waals surface area contributed by atoms with Crippen LogP contribution in [0.1, 0.15) is 47.2 Å². The second kappa shape index (κ2) is 6.48. The Balaban J connectivity index is 2.23. The first kappa shape index (κ1) is 15.2. The molecular formula is C17H21N3O. The molecule has 2 aromatic heterocycles. The Hall–Kier alpha value is -2.23. The summed E-state index contributed by atoms with van der Waals surface area (Å²) in [6.07, 6.45) is 3.37. The van der Waals surface area contributed by atoms with Crippen molar-refractivity contribution in [1.82, 2.24) is 15.3 Å². The van der Waals surface area contributed by atoms with Crippen LogP contribution in [0.3, 0.4) is 0 Å². The molecule has 1 unspecified atom stereocenters. The average molecular weight is 283 g/mol. The van der Waals surface area contributed by atoms with Crippen molar-refractivity contribution in [2.45, 2.75) is 33.7 Å². The number of hydrogen-bond acceptors (Lipinski definition) is 3. The molecule has 1 N–H and O–H groups in total. The predicted octanol–water partition coefficient (Wildman–Crippen LogP) is 3.22. The van der Waals surface area contributed by atoms with E-state index < -0.39 is 0 Å². The molecule has 21 heavy (non-hydrogen) atoms. The summed E-state index contributed by atoms with van der Waals surface area (Å²) in [6.45, 7) is 8.06. The lowest BCUT2D eigenvalue weighted by atomic mass is 9.97. The van der Waals surface area contributed by atoms with Gasteiger partial charge in [-0.1, -0.05) is 19.9 Å². The number of carbonyl (C=O) groups is 1. The maximum Gasteiger partial charge on any atom is 0.253 e. The number of pyridine rings is 2. The normalized spacial score (nSPS) is 12.2. The fourth-order valence-corrected chi connectivity index (χ4v) is 2.20. The molecule has 1 atom stereocenters. The van der Waals surface area contributed by atoms with Crippen LogP contribution in [0.25, 0.3) is 0 Å². The van der Waals surface area contributed by atoms with Gasteiger partial charge in [-0.15, -0.1) is 0 Å². The van der Waals surface area contributed by atoms with Gasteiger partial charge in [0.25, 0.3) is 5.91 Å². The van der Waals surface area contributed by atoms with Crippen LogP contribution in [0.4, 0.5) is 0 Å². The Bertz CT molecular complexity index is 620. The van der Waals surface area contributed by atoms with Crippen LogP contribution in [-0.2, 0) is 0 Å². The highest BCUT2D eigenvalue weighted by Gasteiger charge is 2.21. The van der Waals surface area contributed by atoms with Gasteiger partial charge in [0.05, 0.1) is 17.3 Å². The second-order valence-electron chi connectivity index (χ2n) is 5.59. The number of nitrogens with one attached hydrogen (secondary N) is 1. The Morgan fingerprint density at radius 1 is 1.14 bits per heavy atom. The largest absolute Gasteiger partial charge is 0.343 e. The van der Waals surface area contributed by atoms with E-state index in [2.05, 4.69) is 29.1 Å². The quantitative estimate of drug-likeness (QED) is 0.937. The van der Waals surface area contributed by atoms with Gasteiger partial charge in [-0.05, 0) is 43.5 Å². The smallest absolute Gasteiger partial charge is 0.253 e. The van der Waals surface area contributed by atoms with Crippen LogP contribution in [0, 0.1) is 19.8 Å². The minimum atomic E-state index is -0.119. The van der Waals surface area contributed by atoms with Crippen molar-refractivity contribution in [2.75, 3.05) is 0 Å². The van der Waals surface area contributed by atoms with Crippen LogP contribution in [0.15, 0.2) is 36.7 Å². The van der Waals surface area contributed by atoms with Crippen LogP contribution >= 0.6 is 0 Å². The van der Waals surface area contributed by atoms with Gasteiger partial charge in [0.1, 0.15) is 0 Å². The summed E-state index contributed by atoms with van der Waals surface area (Å²) in [5.41, 5.74) is 3.46. The third-order valence-corrected chi connectivity index (χ3v) is 3.47. The number of nitrogens with zero attached hydrogens (tertiary/aromatic N) is 2. The molecular weight excluding hydrogens is 262 g/mol. The van der Waals surface area contributed by atoms with Crippen molar-refractivity contribution in [1.29, 1.82) is 0 Å². The summed E-state index contributed by atoms with van der Waals surface area (Å²) < 4.78 is 0. The molecule has 0 bridgehead atoms. The molecule has 0 radical (unpaired) electrons. The first-order chi connectivity index (χ1) is 9.99. The molecule has 2 rings (SSSR count). The summed E-state index contributed by atoms with van der Waals surface area (Å²) in [5.74, 6) is 0.132. The van der Waals surface area contributed by atoms with Gasteiger partial charge in [-0.2, -0.15) is 0 Å². The van der Waals surface area contributed by atoms with E-state index >= 15 is 0 Å². The van der Waals surface area contributed by atoms with E-state index in [0.29, 0.717) is 5.56 Å². The van der Waals surface area contributed by atoms with Crippen LogP contribution < -0.4 is 5.32 Å². The number of aromatic nitrogens is 2. The van der Waals surface area contributed by atoms with Gasteiger partial charge in [0.2, 0.25) is 0 Å². The zero-order valence-electron chi connectivity index (χ0n) is 12.9. The number of rotatable bonds is 4. The van der Waals surface area contributed by atoms with Crippen molar-refractivity contribution >= 4 is 5.91 Å². The lowest BCUT2D eigenvalue weighted by Gasteiger charge is -2.23. The van der Waals surface area contributed by atoms with Gasteiger partial charge in [-0.25, -0.2) is 0 Å². The second-order valence-corrected chi connectivity index (χ2v) is 5.59. The standard InChI is InChI=1S/C17H21N3O/c1-11(2)15(16-12(3)6-5-9-18-16)20-17(21)14-8-7-13(4)19-10-14/h5-11,15H,1-4H3,(H,20,21). The minimum absolute atomic E-state index is 0.111.